The zero-order valence-corrected chi connectivity index (χ0v) is 19.8. The molecule has 4 bridgehead atoms. The van der Waals surface area contributed by atoms with Crippen LogP contribution in [0.25, 0.3) is 0 Å². The topological polar surface area (TPSA) is 103 Å². The van der Waals surface area contributed by atoms with E-state index in [1.54, 1.807) is 18.2 Å². The van der Waals surface area contributed by atoms with Crippen LogP contribution in [0.4, 0.5) is 10.5 Å². The van der Waals surface area contributed by atoms with Crippen molar-refractivity contribution < 1.29 is 28.6 Å². The Bertz CT molecular complexity index is 922. The summed E-state index contributed by atoms with van der Waals surface area (Å²) in [5.74, 6) is 0.895. The summed E-state index contributed by atoms with van der Waals surface area (Å²) in [6.07, 6.45) is 5.20. The first-order valence-electron chi connectivity index (χ1n) is 11.6. The second-order valence-corrected chi connectivity index (χ2v) is 10.3. The normalized spacial score (nSPS) is 29.3. The van der Waals surface area contributed by atoms with Gasteiger partial charge in [0.05, 0.1) is 18.6 Å². The minimum Gasteiger partial charge on any atom is -0.490 e. The zero-order valence-electron chi connectivity index (χ0n) is 19.1. The lowest BCUT2D eigenvalue weighted by Crippen LogP contribution is -2.56. The van der Waals surface area contributed by atoms with Gasteiger partial charge in [-0.2, -0.15) is 0 Å². The fourth-order valence-corrected chi connectivity index (χ4v) is 6.82. The first-order valence-corrected chi connectivity index (χ1v) is 12.0. The Hall–Kier alpha value is -2.48. The molecule has 2 N–H and O–H groups in total. The molecular weight excluding hydrogens is 448 g/mol. The SMILES string of the molecule is CCOc1ccc(NC(=O)NC(=O)COC(=O)C23CC4CC(CC(Cl)(C4)C2)C3)cc1OCC. The number of ether oxygens (including phenoxy) is 3. The molecule has 33 heavy (non-hydrogen) atoms. The second-order valence-electron chi connectivity index (χ2n) is 9.50. The van der Waals surface area contributed by atoms with Gasteiger partial charge in [-0.1, -0.05) is 0 Å². The number of benzene rings is 1. The van der Waals surface area contributed by atoms with Gasteiger partial charge in [0.15, 0.2) is 18.1 Å². The minimum absolute atomic E-state index is 0.316. The summed E-state index contributed by atoms with van der Waals surface area (Å²) < 4.78 is 16.4. The van der Waals surface area contributed by atoms with Gasteiger partial charge in [0.2, 0.25) is 0 Å². The third kappa shape index (κ3) is 5.21. The van der Waals surface area contributed by atoms with E-state index in [-0.39, 0.29) is 10.8 Å². The fourth-order valence-electron chi connectivity index (χ4n) is 6.13. The lowest BCUT2D eigenvalue weighted by Gasteiger charge is -2.58. The van der Waals surface area contributed by atoms with E-state index < -0.39 is 24.0 Å². The zero-order chi connectivity index (χ0) is 23.6. The molecule has 1 aromatic rings. The van der Waals surface area contributed by atoms with Crippen LogP contribution in [0.1, 0.15) is 52.4 Å². The Morgan fingerprint density at radius 2 is 1.70 bits per heavy atom. The van der Waals surface area contributed by atoms with E-state index in [0.717, 1.165) is 32.1 Å². The van der Waals surface area contributed by atoms with Gasteiger partial charge in [0.1, 0.15) is 0 Å². The molecule has 0 aromatic heterocycles. The van der Waals surface area contributed by atoms with Crippen LogP contribution in [0.2, 0.25) is 0 Å². The number of halogens is 1. The third-order valence-electron chi connectivity index (χ3n) is 6.81. The highest BCUT2D eigenvalue weighted by molar-refractivity contribution is 6.24. The van der Waals surface area contributed by atoms with Gasteiger partial charge in [-0.15, -0.1) is 11.6 Å². The molecule has 0 saturated heterocycles. The van der Waals surface area contributed by atoms with Crippen molar-refractivity contribution in [2.24, 2.45) is 17.3 Å². The number of alkyl halides is 1. The predicted molar refractivity (Wildman–Crippen MR) is 123 cm³/mol. The molecular formula is C24H31ClN2O6. The maximum absolute atomic E-state index is 12.9. The molecule has 0 radical (unpaired) electrons. The maximum atomic E-state index is 12.9. The van der Waals surface area contributed by atoms with Crippen LogP contribution in [0.3, 0.4) is 0 Å². The molecule has 5 rings (SSSR count). The minimum atomic E-state index is -0.725. The number of urea groups is 1. The lowest BCUT2D eigenvalue weighted by molar-refractivity contribution is -0.171. The Morgan fingerprint density at radius 3 is 2.33 bits per heavy atom. The van der Waals surface area contributed by atoms with Crippen molar-refractivity contribution in [1.29, 1.82) is 0 Å². The van der Waals surface area contributed by atoms with E-state index in [2.05, 4.69) is 10.6 Å². The van der Waals surface area contributed by atoms with Crippen LogP contribution in [0.5, 0.6) is 11.5 Å². The van der Waals surface area contributed by atoms with Crippen molar-refractivity contribution in [1.82, 2.24) is 5.32 Å². The van der Waals surface area contributed by atoms with E-state index in [0.29, 0.717) is 48.7 Å². The summed E-state index contributed by atoms with van der Waals surface area (Å²) >= 11 is 6.77. The second kappa shape index (κ2) is 9.41. The fraction of sp³-hybridized carbons (Fsp3) is 0.625. The Kier molecular flexibility index (Phi) is 6.75. The number of nitrogens with one attached hydrogen (secondary N) is 2. The van der Waals surface area contributed by atoms with Crippen molar-refractivity contribution in [3.05, 3.63) is 18.2 Å². The van der Waals surface area contributed by atoms with E-state index in [4.69, 9.17) is 25.8 Å². The van der Waals surface area contributed by atoms with Crippen LogP contribution in [-0.2, 0) is 14.3 Å². The highest BCUT2D eigenvalue weighted by atomic mass is 35.5. The first-order chi connectivity index (χ1) is 15.7. The molecule has 8 nitrogen and oxygen atoms in total. The van der Waals surface area contributed by atoms with Crippen LogP contribution in [0.15, 0.2) is 18.2 Å². The Labute approximate surface area is 198 Å². The van der Waals surface area contributed by atoms with Crippen LogP contribution < -0.4 is 20.1 Å². The first kappa shape index (κ1) is 23.7. The van der Waals surface area contributed by atoms with Gasteiger partial charge >= 0.3 is 12.0 Å². The average Bonchev–Trinajstić information content (AvgIpc) is 2.72. The molecule has 9 heteroatoms. The number of carbonyl (C=O) groups excluding carboxylic acids is 3. The number of rotatable bonds is 8. The Morgan fingerprint density at radius 1 is 1.03 bits per heavy atom. The van der Waals surface area contributed by atoms with E-state index in [9.17, 15) is 14.4 Å². The van der Waals surface area contributed by atoms with Crippen LogP contribution in [0, 0.1) is 17.3 Å². The summed E-state index contributed by atoms with van der Waals surface area (Å²) in [6, 6.07) is 4.22. The summed E-state index contributed by atoms with van der Waals surface area (Å²) in [5.41, 5.74) is -0.156. The van der Waals surface area contributed by atoms with Crippen LogP contribution in [-0.4, -0.2) is 42.6 Å². The lowest BCUT2D eigenvalue weighted by atomic mass is 9.49. The highest BCUT2D eigenvalue weighted by Gasteiger charge is 2.60. The quantitative estimate of drug-likeness (QED) is 0.427. The van der Waals surface area contributed by atoms with Crippen molar-refractivity contribution in [3.63, 3.8) is 0 Å². The molecule has 0 spiro atoms. The molecule has 1 aromatic carbocycles. The molecule has 0 heterocycles. The molecule has 2 atom stereocenters. The van der Waals surface area contributed by atoms with Crippen molar-refractivity contribution in [2.75, 3.05) is 25.1 Å². The van der Waals surface area contributed by atoms with Gasteiger partial charge in [-0.25, -0.2) is 4.79 Å². The number of hydrogen-bond acceptors (Lipinski definition) is 6. The molecule has 2 unspecified atom stereocenters. The summed E-state index contributed by atoms with van der Waals surface area (Å²) in [5, 5.41) is 4.77. The van der Waals surface area contributed by atoms with E-state index >= 15 is 0 Å². The monoisotopic (exact) mass is 478 g/mol. The third-order valence-corrected chi connectivity index (χ3v) is 7.25. The van der Waals surface area contributed by atoms with Gasteiger partial charge < -0.3 is 19.5 Å². The van der Waals surface area contributed by atoms with E-state index in [1.807, 2.05) is 13.8 Å². The number of carbonyl (C=O) groups is 3. The molecule has 3 amide bonds. The number of amides is 3. The molecule has 4 fully saturated rings. The number of anilines is 1. The summed E-state index contributed by atoms with van der Waals surface area (Å²) in [4.78, 5) is 37.1. The maximum Gasteiger partial charge on any atom is 0.325 e. The molecule has 4 saturated carbocycles. The van der Waals surface area contributed by atoms with Gasteiger partial charge in [0.25, 0.3) is 5.91 Å². The van der Waals surface area contributed by atoms with Gasteiger partial charge in [-0.3, -0.25) is 14.9 Å². The highest BCUT2D eigenvalue weighted by Crippen LogP contribution is 2.64. The number of hydrogen-bond donors (Lipinski definition) is 2. The molecule has 180 valence electrons. The Balaban J connectivity index is 1.28. The predicted octanol–water partition coefficient (Wildman–Crippen LogP) is 4.25. The van der Waals surface area contributed by atoms with Crippen LogP contribution >= 0.6 is 11.6 Å². The van der Waals surface area contributed by atoms with Gasteiger partial charge in [-0.05, 0) is 76.3 Å². The average molecular weight is 479 g/mol. The largest absolute Gasteiger partial charge is 0.490 e. The molecule has 4 aliphatic carbocycles. The molecule has 0 aliphatic heterocycles. The van der Waals surface area contributed by atoms with Gasteiger partial charge in [0, 0.05) is 16.6 Å². The number of esters is 1. The molecule has 4 aliphatic rings. The van der Waals surface area contributed by atoms with E-state index in [1.165, 1.54) is 0 Å². The number of imide groups is 1. The smallest absolute Gasteiger partial charge is 0.325 e. The van der Waals surface area contributed by atoms with Crippen molar-refractivity contribution >= 4 is 35.2 Å². The summed E-state index contributed by atoms with van der Waals surface area (Å²) in [7, 11) is 0. The van der Waals surface area contributed by atoms with Crippen molar-refractivity contribution in [2.45, 2.75) is 57.2 Å². The summed E-state index contributed by atoms with van der Waals surface area (Å²) in [6.45, 7) is 4.12. The standard InChI is InChI=1S/C24H31ClN2O6/c1-3-31-18-6-5-17(8-19(18)32-4-2)26-22(30)27-20(28)13-33-21(29)23-9-15-7-16(10-23)12-24(25,11-15)14-23/h5-6,8,15-16H,3-4,7,9-14H2,1-2H3,(H2,26,27,28,30). The van der Waals surface area contributed by atoms with Crippen molar-refractivity contribution in [3.8, 4) is 11.5 Å².